The van der Waals surface area contributed by atoms with Gasteiger partial charge in [-0.05, 0) is 5.56 Å². The summed E-state index contributed by atoms with van der Waals surface area (Å²) in [5.41, 5.74) is 0.576. The molecule has 0 aliphatic rings. The van der Waals surface area contributed by atoms with Gasteiger partial charge in [0.1, 0.15) is 6.10 Å². The van der Waals surface area contributed by atoms with Gasteiger partial charge in [-0.1, -0.05) is 30.3 Å². The Bertz CT molecular complexity index is 286. The molecule has 4 nitrogen and oxygen atoms in total. The molecule has 0 fully saturated rings. The normalized spacial score (nSPS) is 14.9. The Morgan fingerprint density at radius 2 is 1.92 bits per heavy atom. The van der Waals surface area contributed by atoms with E-state index in [1.54, 1.807) is 30.3 Å². The Labute approximate surface area is 76.0 Å². The second-order valence-corrected chi connectivity index (χ2v) is 2.88. The first kappa shape index (κ1) is 9.67. The van der Waals surface area contributed by atoms with Crippen molar-refractivity contribution in [3.05, 3.63) is 46.0 Å². The molecule has 1 aromatic carbocycles. The van der Waals surface area contributed by atoms with Crippen LogP contribution in [0, 0.1) is 10.1 Å². The third-order valence-corrected chi connectivity index (χ3v) is 1.93. The number of nitrogens with zero attached hydrogens (tertiary/aromatic N) is 1. The highest BCUT2D eigenvalue weighted by Crippen LogP contribution is 2.17. The van der Waals surface area contributed by atoms with Gasteiger partial charge in [0.15, 0.2) is 0 Å². The second-order valence-electron chi connectivity index (χ2n) is 2.88. The van der Waals surface area contributed by atoms with Gasteiger partial charge in [-0.3, -0.25) is 10.1 Å². The highest BCUT2D eigenvalue weighted by molar-refractivity contribution is 5.17. The molecule has 0 aliphatic carbocycles. The molecule has 0 heterocycles. The number of benzene rings is 1. The summed E-state index contributed by atoms with van der Waals surface area (Å²) in [6.45, 7) is 1.39. The molecule has 0 aromatic heterocycles. The third-order valence-electron chi connectivity index (χ3n) is 1.93. The monoisotopic (exact) mass is 181 g/mol. The van der Waals surface area contributed by atoms with E-state index in [9.17, 15) is 15.2 Å². The van der Waals surface area contributed by atoms with E-state index in [0.717, 1.165) is 0 Å². The second kappa shape index (κ2) is 4.00. The number of rotatable bonds is 3. The summed E-state index contributed by atoms with van der Waals surface area (Å²) < 4.78 is 0. The molecule has 1 unspecified atom stereocenters. The predicted octanol–water partition coefficient (Wildman–Crippen LogP) is 1.39. The minimum absolute atomic E-state index is 0.488. The Kier molecular flexibility index (Phi) is 2.97. The van der Waals surface area contributed by atoms with Crippen LogP contribution in [0.1, 0.15) is 18.6 Å². The fourth-order valence-corrected chi connectivity index (χ4v) is 1.04. The van der Waals surface area contributed by atoms with Gasteiger partial charge in [0.2, 0.25) is 6.04 Å². The van der Waals surface area contributed by atoms with E-state index in [-0.39, 0.29) is 0 Å². The van der Waals surface area contributed by atoms with Crippen LogP contribution in [-0.4, -0.2) is 16.1 Å². The fourth-order valence-electron chi connectivity index (χ4n) is 1.04. The van der Waals surface area contributed by atoms with Gasteiger partial charge < -0.3 is 5.11 Å². The van der Waals surface area contributed by atoms with Crippen molar-refractivity contribution in [2.45, 2.75) is 19.1 Å². The molecule has 1 rings (SSSR count). The van der Waals surface area contributed by atoms with Gasteiger partial charge in [0.25, 0.3) is 0 Å². The van der Waals surface area contributed by atoms with Gasteiger partial charge in [-0.25, -0.2) is 0 Å². The predicted molar refractivity (Wildman–Crippen MR) is 47.9 cm³/mol. The van der Waals surface area contributed by atoms with Crippen LogP contribution in [0.2, 0.25) is 0 Å². The van der Waals surface area contributed by atoms with Crippen LogP contribution in [0.4, 0.5) is 0 Å². The minimum atomic E-state index is -1.03. The summed E-state index contributed by atoms with van der Waals surface area (Å²) in [6.07, 6.45) is -1.03. The molecule has 0 radical (unpaired) electrons. The smallest absolute Gasteiger partial charge is 0.239 e. The van der Waals surface area contributed by atoms with Crippen molar-refractivity contribution in [3.8, 4) is 0 Å². The largest absolute Gasteiger partial charge is 0.381 e. The summed E-state index contributed by atoms with van der Waals surface area (Å²) in [6, 6.07) is 7.65. The summed E-state index contributed by atoms with van der Waals surface area (Å²) >= 11 is 0. The molecule has 0 saturated carbocycles. The molecule has 13 heavy (non-hydrogen) atoms. The highest BCUT2D eigenvalue weighted by Gasteiger charge is 2.25. The zero-order valence-corrected chi connectivity index (χ0v) is 7.25. The maximum absolute atomic E-state index is 10.4. The van der Waals surface area contributed by atoms with Crippen molar-refractivity contribution in [2.24, 2.45) is 0 Å². The Morgan fingerprint density at radius 1 is 1.38 bits per heavy atom. The molecule has 2 atom stereocenters. The van der Waals surface area contributed by atoms with Crippen LogP contribution < -0.4 is 0 Å². The van der Waals surface area contributed by atoms with Gasteiger partial charge in [0.05, 0.1) is 0 Å². The summed E-state index contributed by atoms with van der Waals surface area (Å²) in [5, 5.41) is 19.9. The van der Waals surface area contributed by atoms with Crippen molar-refractivity contribution in [3.63, 3.8) is 0 Å². The molecule has 0 bridgehead atoms. The molecule has 0 aliphatic heterocycles. The molecule has 0 spiro atoms. The average molecular weight is 181 g/mol. The van der Waals surface area contributed by atoms with Crippen LogP contribution >= 0.6 is 0 Å². The third kappa shape index (κ3) is 2.26. The van der Waals surface area contributed by atoms with E-state index in [0.29, 0.717) is 5.56 Å². The summed E-state index contributed by atoms with van der Waals surface area (Å²) in [7, 11) is 0. The van der Waals surface area contributed by atoms with Gasteiger partial charge in [-0.2, -0.15) is 0 Å². The number of hydrogen-bond donors (Lipinski definition) is 1. The van der Waals surface area contributed by atoms with E-state index >= 15 is 0 Å². The quantitative estimate of drug-likeness (QED) is 0.566. The lowest BCUT2D eigenvalue weighted by Crippen LogP contribution is -2.23. The molecule has 1 N–H and O–H groups in total. The minimum Gasteiger partial charge on any atom is -0.381 e. The molecule has 1 aromatic rings. The first-order chi connectivity index (χ1) is 6.13. The Morgan fingerprint density at radius 3 is 2.38 bits per heavy atom. The molecule has 4 heteroatoms. The lowest BCUT2D eigenvalue weighted by molar-refractivity contribution is -0.531. The van der Waals surface area contributed by atoms with Crippen LogP contribution in [0.5, 0.6) is 0 Å². The van der Waals surface area contributed by atoms with Gasteiger partial charge in [0, 0.05) is 11.8 Å². The molecule has 0 amide bonds. The van der Waals surface area contributed by atoms with E-state index in [2.05, 4.69) is 0 Å². The van der Waals surface area contributed by atoms with Crippen molar-refractivity contribution in [2.75, 3.05) is 0 Å². The number of aliphatic hydroxyl groups excluding tert-OH is 1. The lowest BCUT2D eigenvalue weighted by Gasteiger charge is -2.11. The Hall–Kier alpha value is -1.42. The number of aliphatic hydroxyl groups is 1. The van der Waals surface area contributed by atoms with Gasteiger partial charge >= 0.3 is 0 Å². The molecular weight excluding hydrogens is 170 g/mol. The first-order valence-electron chi connectivity index (χ1n) is 3.99. The molecule has 0 saturated heterocycles. The lowest BCUT2D eigenvalue weighted by atomic mass is 10.0. The van der Waals surface area contributed by atoms with E-state index in [4.69, 9.17) is 0 Å². The van der Waals surface area contributed by atoms with Crippen molar-refractivity contribution in [1.29, 1.82) is 0 Å². The summed E-state index contributed by atoms with van der Waals surface area (Å²) in [5.74, 6) is 0. The van der Waals surface area contributed by atoms with E-state index in [1.165, 1.54) is 6.92 Å². The first-order valence-corrected chi connectivity index (χ1v) is 3.99. The fraction of sp³-hybridized carbons (Fsp3) is 0.333. The van der Waals surface area contributed by atoms with E-state index in [1.807, 2.05) is 0 Å². The summed E-state index contributed by atoms with van der Waals surface area (Å²) in [4.78, 5) is 9.87. The number of hydrogen-bond acceptors (Lipinski definition) is 3. The standard InChI is InChI=1S/C9H11NO3/c1-7(10(12)13)9(11)8-5-3-2-4-6-8/h2-7,9,11H,1H3/t7?,9-/m1/s1. The van der Waals surface area contributed by atoms with Crippen LogP contribution in [0.15, 0.2) is 30.3 Å². The van der Waals surface area contributed by atoms with Crippen LogP contribution in [-0.2, 0) is 0 Å². The highest BCUT2D eigenvalue weighted by atomic mass is 16.6. The topological polar surface area (TPSA) is 63.4 Å². The maximum Gasteiger partial charge on any atom is 0.239 e. The SMILES string of the molecule is CC([C@@H](O)c1ccccc1)[N+](=O)[O-]. The van der Waals surface area contributed by atoms with Crippen LogP contribution in [0.25, 0.3) is 0 Å². The molecular formula is C9H11NO3. The van der Waals surface area contributed by atoms with Crippen molar-refractivity contribution < 1.29 is 10.0 Å². The zero-order chi connectivity index (χ0) is 9.84. The number of nitro groups is 1. The Balaban J connectivity index is 2.79. The van der Waals surface area contributed by atoms with Crippen LogP contribution in [0.3, 0.4) is 0 Å². The van der Waals surface area contributed by atoms with E-state index < -0.39 is 17.1 Å². The average Bonchev–Trinajstić information content (AvgIpc) is 2.17. The van der Waals surface area contributed by atoms with Crippen molar-refractivity contribution >= 4 is 0 Å². The zero-order valence-electron chi connectivity index (χ0n) is 7.25. The van der Waals surface area contributed by atoms with Crippen molar-refractivity contribution in [1.82, 2.24) is 0 Å². The maximum atomic E-state index is 10.4. The van der Waals surface area contributed by atoms with Gasteiger partial charge in [-0.15, -0.1) is 0 Å². The molecule has 70 valence electrons.